The van der Waals surface area contributed by atoms with E-state index in [2.05, 4.69) is 52.8 Å². The van der Waals surface area contributed by atoms with Crippen LogP contribution in [-0.2, 0) is 0 Å². The normalized spacial score (nSPS) is 10.2. The van der Waals surface area contributed by atoms with E-state index in [0.29, 0.717) is 11.6 Å². The van der Waals surface area contributed by atoms with Gasteiger partial charge in [-0.05, 0) is 66.0 Å². The third-order valence-electron chi connectivity index (χ3n) is 2.12. The molecule has 0 spiro atoms. The molecule has 0 amide bonds. The Morgan fingerprint density at radius 1 is 1.00 bits per heavy atom. The summed E-state index contributed by atoms with van der Waals surface area (Å²) in [6.45, 7) is 0. The molecule has 0 saturated heterocycles. The Balaban J connectivity index is 2.29. The lowest BCUT2D eigenvalue weighted by molar-refractivity contribution is 0.408. The van der Waals surface area contributed by atoms with Crippen LogP contribution in [0.1, 0.15) is 0 Å². The highest BCUT2D eigenvalue weighted by Crippen LogP contribution is 2.37. The number of pyridine rings is 1. The summed E-state index contributed by atoms with van der Waals surface area (Å²) in [5, 5.41) is 0. The summed E-state index contributed by atoms with van der Waals surface area (Å²) in [6.07, 6.45) is 1.68. The Morgan fingerprint density at radius 2 is 1.67 bits per heavy atom. The maximum Gasteiger partial charge on any atom is 0.219 e. The molecule has 0 atom stereocenters. The minimum absolute atomic E-state index is 0.524. The first-order chi connectivity index (χ1) is 8.60. The number of rotatable bonds is 3. The molecule has 0 aliphatic carbocycles. The van der Waals surface area contributed by atoms with Gasteiger partial charge in [0.1, 0.15) is 11.5 Å². The zero-order valence-corrected chi connectivity index (χ0v) is 14.0. The van der Waals surface area contributed by atoms with Crippen molar-refractivity contribution in [2.75, 3.05) is 7.11 Å². The van der Waals surface area contributed by atoms with Crippen molar-refractivity contribution in [2.24, 2.45) is 0 Å². The molecular formula is C12H8Br3NO2. The van der Waals surface area contributed by atoms with Gasteiger partial charge in [-0.1, -0.05) is 0 Å². The highest BCUT2D eigenvalue weighted by atomic mass is 79.9. The van der Waals surface area contributed by atoms with E-state index in [1.807, 2.05) is 18.2 Å². The largest absolute Gasteiger partial charge is 0.496 e. The SMILES string of the molecule is COc1cc(Br)c(Oc2ccc(Br)cn2)cc1Br. The van der Waals surface area contributed by atoms with Gasteiger partial charge in [0.25, 0.3) is 0 Å². The Bertz CT molecular complexity index is 558. The molecule has 1 aromatic carbocycles. The van der Waals surface area contributed by atoms with Gasteiger partial charge >= 0.3 is 0 Å². The first-order valence-corrected chi connectivity index (χ1v) is 7.30. The van der Waals surface area contributed by atoms with E-state index in [9.17, 15) is 0 Å². The molecule has 0 aliphatic heterocycles. The predicted molar refractivity (Wildman–Crippen MR) is 80.4 cm³/mol. The predicted octanol–water partition coefficient (Wildman–Crippen LogP) is 5.17. The molecule has 6 heteroatoms. The monoisotopic (exact) mass is 435 g/mol. The van der Waals surface area contributed by atoms with Gasteiger partial charge in [0, 0.05) is 16.7 Å². The second-order valence-electron chi connectivity index (χ2n) is 3.33. The van der Waals surface area contributed by atoms with Gasteiger partial charge in [0.15, 0.2) is 0 Å². The Hall–Kier alpha value is -0.590. The molecule has 0 unspecified atom stereocenters. The van der Waals surface area contributed by atoms with Gasteiger partial charge in [-0.25, -0.2) is 4.98 Å². The number of methoxy groups -OCH3 is 1. The summed E-state index contributed by atoms with van der Waals surface area (Å²) in [5.41, 5.74) is 0. The quantitative estimate of drug-likeness (QED) is 0.663. The van der Waals surface area contributed by atoms with Crippen molar-refractivity contribution < 1.29 is 9.47 Å². The third kappa shape index (κ3) is 3.24. The average molecular weight is 438 g/mol. The number of benzene rings is 1. The van der Waals surface area contributed by atoms with Crippen molar-refractivity contribution in [2.45, 2.75) is 0 Å². The smallest absolute Gasteiger partial charge is 0.219 e. The lowest BCUT2D eigenvalue weighted by atomic mass is 10.3. The fourth-order valence-electron chi connectivity index (χ4n) is 1.28. The van der Waals surface area contributed by atoms with Gasteiger partial charge < -0.3 is 9.47 Å². The summed E-state index contributed by atoms with van der Waals surface area (Å²) in [7, 11) is 1.61. The molecule has 0 fully saturated rings. The summed E-state index contributed by atoms with van der Waals surface area (Å²) < 4.78 is 13.4. The average Bonchev–Trinajstić information content (AvgIpc) is 2.36. The fourth-order valence-corrected chi connectivity index (χ4v) is 2.40. The van der Waals surface area contributed by atoms with Crippen molar-refractivity contribution >= 4 is 47.8 Å². The van der Waals surface area contributed by atoms with Crippen LogP contribution in [0.5, 0.6) is 17.4 Å². The summed E-state index contributed by atoms with van der Waals surface area (Å²) in [6, 6.07) is 7.31. The zero-order chi connectivity index (χ0) is 13.1. The first kappa shape index (κ1) is 13.8. The van der Waals surface area contributed by atoms with Crippen LogP contribution < -0.4 is 9.47 Å². The van der Waals surface area contributed by atoms with E-state index in [1.165, 1.54) is 0 Å². The van der Waals surface area contributed by atoms with Gasteiger partial charge in [0.2, 0.25) is 5.88 Å². The summed E-state index contributed by atoms with van der Waals surface area (Å²) in [5.74, 6) is 1.92. The van der Waals surface area contributed by atoms with Crippen LogP contribution in [0.3, 0.4) is 0 Å². The molecule has 18 heavy (non-hydrogen) atoms. The van der Waals surface area contributed by atoms with E-state index in [4.69, 9.17) is 9.47 Å². The Morgan fingerprint density at radius 3 is 2.28 bits per heavy atom. The van der Waals surface area contributed by atoms with Crippen LogP contribution in [0.25, 0.3) is 0 Å². The van der Waals surface area contributed by atoms with Crippen LogP contribution in [0.2, 0.25) is 0 Å². The number of nitrogens with zero attached hydrogens (tertiary/aromatic N) is 1. The van der Waals surface area contributed by atoms with Gasteiger partial charge in [-0.2, -0.15) is 0 Å². The minimum Gasteiger partial charge on any atom is -0.496 e. The van der Waals surface area contributed by atoms with Crippen LogP contribution >= 0.6 is 47.8 Å². The van der Waals surface area contributed by atoms with Crippen molar-refractivity contribution in [3.8, 4) is 17.4 Å². The molecule has 0 saturated carbocycles. The van der Waals surface area contributed by atoms with Crippen molar-refractivity contribution in [1.82, 2.24) is 4.98 Å². The summed E-state index contributed by atoms with van der Waals surface area (Å²) in [4.78, 5) is 4.15. The lowest BCUT2D eigenvalue weighted by Gasteiger charge is -2.10. The molecule has 0 aliphatic rings. The zero-order valence-electron chi connectivity index (χ0n) is 9.28. The van der Waals surface area contributed by atoms with E-state index < -0.39 is 0 Å². The number of ether oxygens (including phenoxy) is 2. The molecule has 0 N–H and O–H groups in total. The summed E-state index contributed by atoms with van der Waals surface area (Å²) >= 11 is 10.2. The van der Waals surface area contributed by atoms with E-state index in [1.54, 1.807) is 19.4 Å². The standard InChI is InChI=1S/C12H8Br3NO2/c1-17-10-4-9(15)11(5-8(10)14)18-12-3-2-7(13)6-16-12/h2-6H,1H3. The maximum atomic E-state index is 5.68. The van der Waals surface area contributed by atoms with Crippen molar-refractivity contribution in [1.29, 1.82) is 0 Å². The number of aromatic nitrogens is 1. The van der Waals surface area contributed by atoms with Crippen molar-refractivity contribution in [3.05, 3.63) is 43.9 Å². The molecule has 2 aromatic rings. The van der Waals surface area contributed by atoms with Crippen LogP contribution in [0.15, 0.2) is 43.9 Å². The van der Waals surface area contributed by atoms with Crippen LogP contribution in [0, 0.1) is 0 Å². The van der Waals surface area contributed by atoms with E-state index >= 15 is 0 Å². The van der Waals surface area contributed by atoms with E-state index in [0.717, 1.165) is 19.2 Å². The third-order valence-corrected chi connectivity index (χ3v) is 3.83. The molecule has 94 valence electrons. The Kier molecular flexibility index (Phi) is 4.64. The van der Waals surface area contributed by atoms with Crippen LogP contribution in [0.4, 0.5) is 0 Å². The van der Waals surface area contributed by atoms with Crippen molar-refractivity contribution in [3.63, 3.8) is 0 Å². The molecule has 2 rings (SSSR count). The molecule has 0 radical (unpaired) electrons. The van der Waals surface area contributed by atoms with Gasteiger partial charge in [0.05, 0.1) is 16.1 Å². The van der Waals surface area contributed by atoms with Gasteiger partial charge in [-0.3, -0.25) is 0 Å². The Labute approximate surface area is 130 Å². The first-order valence-electron chi connectivity index (χ1n) is 4.92. The minimum atomic E-state index is 0.524. The van der Waals surface area contributed by atoms with E-state index in [-0.39, 0.29) is 0 Å². The van der Waals surface area contributed by atoms with Crippen LogP contribution in [-0.4, -0.2) is 12.1 Å². The van der Waals surface area contributed by atoms with Gasteiger partial charge in [-0.15, -0.1) is 0 Å². The molecule has 1 heterocycles. The molecule has 0 bridgehead atoms. The topological polar surface area (TPSA) is 31.4 Å². The lowest BCUT2D eigenvalue weighted by Crippen LogP contribution is -1.91. The molecule has 3 nitrogen and oxygen atoms in total. The number of halogens is 3. The highest BCUT2D eigenvalue weighted by molar-refractivity contribution is 9.11. The maximum absolute atomic E-state index is 5.68. The second-order valence-corrected chi connectivity index (χ2v) is 5.96. The molecular weight excluding hydrogens is 430 g/mol. The second kappa shape index (κ2) is 6.04. The fraction of sp³-hybridized carbons (Fsp3) is 0.0833. The number of hydrogen-bond acceptors (Lipinski definition) is 3. The number of hydrogen-bond donors (Lipinski definition) is 0. The highest BCUT2D eigenvalue weighted by Gasteiger charge is 2.09. The molecule has 1 aromatic heterocycles.